The number of Topliss-reactive ketones (excluding diaryl/α,β-unsaturated/α-hetero) is 1. The molecule has 18 heavy (non-hydrogen) atoms. The van der Waals surface area contributed by atoms with E-state index in [1.807, 2.05) is 6.07 Å². The highest BCUT2D eigenvalue weighted by atomic mass is 16.5. The summed E-state index contributed by atoms with van der Waals surface area (Å²) in [6, 6.07) is 3.64. The number of nitrogens with zero attached hydrogens (tertiary/aromatic N) is 2. The molecule has 1 rings (SSSR count). The Hall–Kier alpha value is -1.46. The number of ketones is 1. The Morgan fingerprint density at radius 3 is 2.22 bits per heavy atom. The zero-order chi connectivity index (χ0) is 13.4. The Morgan fingerprint density at radius 2 is 1.83 bits per heavy atom. The number of aromatic nitrogens is 1. The van der Waals surface area contributed by atoms with Crippen molar-refractivity contribution in [3.05, 3.63) is 23.9 Å². The third-order valence-corrected chi connectivity index (χ3v) is 2.61. The van der Waals surface area contributed by atoms with Crippen LogP contribution in [-0.4, -0.2) is 51.3 Å². The first-order valence-corrected chi connectivity index (χ1v) is 5.89. The molecule has 0 bridgehead atoms. The number of pyridine rings is 1. The van der Waals surface area contributed by atoms with Gasteiger partial charge in [-0.3, -0.25) is 4.79 Å². The van der Waals surface area contributed by atoms with Crippen LogP contribution in [0.5, 0.6) is 0 Å². The second-order valence-corrected chi connectivity index (χ2v) is 3.93. The van der Waals surface area contributed by atoms with Crippen LogP contribution in [0.15, 0.2) is 18.3 Å². The minimum absolute atomic E-state index is 0.0226. The molecule has 0 aliphatic carbocycles. The molecule has 1 heterocycles. The predicted octanol–water partition coefficient (Wildman–Crippen LogP) is 1.38. The summed E-state index contributed by atoms with van der Waals surface area (Å²) >= 11 is 0. The average Bonchev–Trinajstić information content (AvgIpc) is 2.39. The Balaban J connectivity index is 2.73. The van der Waals surface area contributed by atoms with Gasteiger partial charge in [-0.2, -0.15) is 0 Å². The van der Waals surface area contributed by atoms with E-state index in [1.54, 1.807) is 26.5 Å². The van der Waals surface area contributed by atoms with Gasteiger partial charge in [0.2, 0.25) is 0 Å². The molecule has 0 fully saturated rings. The van der Waals surface area contributed by atoms with Crippen molar-refractivity contribution in [3.8, 4) is 0 Å². The number of hydrogen-bond donors (Lipinski definition) is 0. The fourth-order valence-electron chi connectivity index (χ4n) is 1.53. The highest BCUT2D eigenvalue weighted by Crippen LogP contribution is 2.11. The Bertz CT molecular complexity index is 357. The molecule has 1 aromatic rings. The van der Waals surface area contributed by atoms with Crippen LogP contribution in [0, 0.1) is 0 Å². The van der Waals surface area contributed by atoms with Gasteiger partial charge in [-0.1, -0.05) is 0 Å². The monoisotopic (exact) mass is 252 g/mol. The maximum Gasteiger partial charge on any atom is 0.161 e. The first kappa shape index (κ1) is 14.6. The van der Waals surface area contributed by atoms with Crippen molar-refractivity contribution in [3.63, 3.8) is 0 Å². The predicted molar refractivity (Wildman–Crippen MR) is 70.2 cm³/mol. The largest absolute Gasteiger partial charge is 0.383 e. The van der Waals surface area contributed by atoms with Crippen LogP contribution in [0.3, 0.4) is 0 Å². The van der Waals surface area contributed by atoms with Crippen molar-refractivity contribution in [1.29, 1.82) is 0 Å². The third kappa shape index (κ3) is 4.43. The highest BCUT2D eigenvalue weighted by Gasteiger charge is 2.08. The molecule has 0 saturated heterocycles. The van der Waals surface area contributed by atoms with E-state index in [0.29, 0.717) is 18.8 Å². The SMILES string of the molecule is COCCN(CCOC)c1ccc(C(C)=O)cn1. The molecule has 5 heteroatoms. The lowest BCUT2D eigenvalue weighted by Crippen LogP contribution is -2.31. The molecule has 0 aliphatic heterocycles. The zero-order valence-electron chi connectivity index (χ0n) is 11.2. The summed E-state index contributed by atoms with van der Waals surface area (Å²) in [5.41, 5.74) is 0.622. The number of ether oxygens (including phenoxy) is 2. The van der Waals surface area contributed by atoms with Gasteiger partial charge in [0.25, 0.3) is 0 Å². The van der Waals surface area contributed by atoms with Crippen LogP contribution in [0.4, 0.5) is 5.82 Å². The molecule has 0 aliphatic rings. The number of rotatable bonds is 8. The molecule has 0 N–H and O–H groups in total. The second-order valence-electron chi connectivity index (χ2n) is 3.93. The summed E-state index contributed by atoms with van der Waals surface area (Å²) in [6.07, 6.45) is 1.60. The number of carbonyl (C=O) groups excluding carboxylic acids is 1. The summed E-state index contributed by atoms with van der Waals surface area (Å²) < 4.78 is 10.1. The van der Waals surface area contributed by atoms with Gasteiger partial charge in [0, 0.05) is 39.1 Å². The highest BCUT2D eigenvalue weighted by molar-refractivity contribution is 5.93. The van der Waals surface area contributed by atoms with E-state index in [0.717, 1.165) is 18.9 Å². The van der Waals surface area contributed by atoms with Crippen molar-refractivity contribution >= 4 is 11.6 Å². The summed E-state index contributed by atoms with van der Waals surface area (Å²) in [5, 5.41) is 0. The van der Waals surface area contributed by atoms with Crippen LogP contribution in [0.2, 0.25) is 0 Å². The maximum atomic E-state index is 11.2. The van der Waals surface area contributed by atoms with E-state index in [4.69, 9.17) is 9.47 Å². The van der Waals surface area contributed by atoms with Crippen molar-refractivity contribution < 1.29 is 14.3 Å². The molecular weight excluding hydrogens is 232 g/mol. The van der Waals surface area contributed by atoms with Crippen LogP contribution in [-0.2, 0) is 9.47 Å². The van der Waals surface area contributed by atoms with Crippen LogP contribution in [0.25, 0.3) is 0 Å². The van der Waals surface area contributed by atoms with E-state index in [1.165, 1.54) is 6.92 Å². The second kappa shape index (κ2) is 7.79. The van der Waals surface area contributed by atoms with E-state index >= 15 is 0 Å². The normalized spacial score (nSPS) is 10.4. The summed E-state index contributed by atoms with van der Waals surface area (Å²) in [4.78, 5) is 17.5. The molecule has 0 spiro atoms. The Labute approximate surface area is 108 Å². The standard InChI is InChI=1S/C13H20N2O3/c1-11(16)12-4-5-13(14-10-12)15(6-8-17-2)7-9-18-3/h4-5,10H,6-9H2,1-3H3. The van der Waals surface area contributed by atoms with Crippen LogP contribution in [0.1, 0.15) is 17.3 Å². The van der Waals surface area contributed by atoms with E-state index in [2.05, 4.69) is 9.88 Å². The van der Waals surface area contributed by atoms with E-state index in [-0.39, 0.29) is 5.78 Å². The lowest BCUT2D eigenvalue weighted by atomic mass is 10.2. The molecule has 0 atom stereocenters. The number of carbonyl (C=O) groups is 1. The quantitative estimate of drug-likeness (QED) is 0.654. The minimum atomic E-state index is 0.0226. The van der Waals surface area contributed by atoms with Gasteiger partial charge < -0.3 is 14.4 Å². The Morgan fingerprint density at radius 1 is 1.22 bits per heavy atom. The van der Waals surface area contributed by atoms with Crippen molar-refractivity contribution in [2.45, 2.75) is 6.92 Å². The van der Waals surface area contributed by atoms with Crippen molar-refractivity contribution in [2.75, 3.05) is 45.4 Å². The van der Waals surface area contributed by atoms with Gasteiger partial charge in [0.1, 0.15) is 5.82 Å². The van der Waals surface area contributed by atoms with Crippen LogP contribution < -0.4 is 4.90 Å². The molecule has 1 aromatic heterocycles. The van der Waals surface area contributed by atoms with Gasteiger partial charge in [0.05, 0.1) is 13.2 Å². The van der Waals surface area contributed by atoms with Crippen molar-refractivity contribution in [2.24, 2.45) is 0 Å². The molecule has 100 valence electrons. The summed E-state index contributed by atoms with van der Waals surface area (Å²) in [5.74, 6) is 0.850. The van der Waals surface area contributed by atoms with E-state index < -0.39 is 0 Å². The topological polar surface area (TPSA) is 51.7 Å². The fraction of sp³-hybridized carbons (Fsp3) is 0.538. The molecule has 0 amide bonds. The molecule has 0 aromatic carbocycles. The summed E-state index contributed by atoms with van der Waals surface area (Å²) in [6.45, 7) is 4.27. The molecule has 5 nitrogen and oxygen atoms in total. The lowest BCUT2D eigenvalue weighted by molar-refractivity contribution is 0.101. The van der Waals surface area contributed by atoms with Gasteiger partial charge in [-0.05, 0) is 19.1 Å². The molecule has 0 unspecified atom stereocenters. The smallest absolute Gasteiger partial charge is 0.161 e. The maximum absolute atomic E-state index is 11.2. The van der Waals surface area contributed by atoms with E-state index in [9.17, 15) is 4.79 Å². The minimum Gasteiger partial charge on any atom is -0.383 e. The molecule has 0 radical (unpaired) electrons. The fourth-order valence-corrected chi connectivity index (χ4v) is 1.53. The number of hydrogen-bond acceptors (Lipinski definition) is 5. The first-order valence-electron chi connectivity index (χ1n) is 5.89. The summed E-state index contributed by atoms with van der Waals surface area (Å²) in [7, 11) is 3.33. The van der Waals surface area contributed by atoms with Gasteiger partial charge >= 0.3 is 0 Å². The van der Waals surface area contributed by atoms with Crippen LogP contribution >= 0.6 is 0 Å². The number of methoxy groups -OCH3 is 2. The van der Waals surface area contributed by atoms with Gasteiger partial charge in [0.15, 0.2) is 5.78 Å². The lowest BCUT2D eigenvalue weighted by Gasteiger charge is -2.23. The average molecular weight is 252 g/mol. The Kier molecular flexibility index (Phi) is 6.32. The first-order chi connectivity index (χ1) is 8.69. The number of anilines is 1. The van der Waals surface area contributed by atoms with Crippen molar-refractivity contribution in [1.82, 2.24) is 4.98 Å². The molecular formula is C13H20N2O3. The zero-order valence-corrected chi connectivity index (χ0v) is 11.2. The third-order valence-electron chi connectivity index (χ3n) is 2.61. The molecule has 0 saturated carbocycles. The van der Waals surface area contributed by atoms with Gasteiger partial charge in [-0.15, -0.1) is 0 Å². The van der Waals surface area contributed by atoms with Gasteiger partial charge in [-0.25, -0.2) is 4.98 Å².